The molecular formula is C63H118N2O7P+. The van der Waals surface area contributed by atoms with Gasteiger partial charge in [0.15, 0.2) is 0 Å². The second-order valence-corrected chi connectivity index (χ2v) is 23.3. The molecule has 0 aromatic rings. The first-order valence-corrected chi connectivity index (χ1v) is 32.1. The van der Waals surface area contributed by atoms with Crippen LogP contribution in [-0.2, 0) is 27.9 Å². The molecule has 426 valence electrons. The molecule has 0 bridgehead atoms. The molecule has 0 rings (SSSR count). The summed E-state index contributed by atoms with van der Waals surface area (Å²) in [4.78, 5) is 37.7. The first-order valence-electron chi connectivity index (χ1n) is 30.6. The van der Waals surface area contributed by atoms with Crippen LogP contribution in [0.2, 0.25) is 0 Å². The SMILES string of the molecule is CC/C=C/C/C=C/C/C=C/CCCCCCCCC(=O)NC(COP(=O)(O)OCC[N+](C)(C)C)C(/C=C/CCCCCCCCCCCC)OC(=O)CCCCCCCCCCC/C=C/CCCCCCCC. The Bertz CT molecular complexity index is 1440. The highest BCUT2D eigenvalue weighted by molar-refractivity contribution is 7.47. The van der Waals surface area contributed by atoms with Crippen LogP contribution in [0, 0.1) is 0 Å². The van der Waals surface area contributed by atoms with Crippen LogP contribution in [0.4, 0.5) is 0 Å². The number of unbranched alkanes of at least 4 members (excludes halogenated alkanes) is 31. The summed E-state index contributed by atoms with van der Waals surface area (Å²) in [5, 5.41) is 3.05. The van der Waals surface area contributed by atoms with E-state index in [4.69, 9.17) is 13.8 Å². The lowest BCUT2D eigenvalue weighted by molar-refractivity contribution is -0.870. The minimum atomic E-state index is -4.45. The number of nitrogens with one attached hydrogen (secondary N) is 1. The normalized spacial score (nSPS) is 14.1. The van der Waals surface area contributed by atoms with Crippen LogP contribution in [0.5, 0.6) is 0 Å². The lowest BCUT2D eigenvalue weighted by Gasteiger charge is -2.27. The highest BCUT2D eigenvalue weighted by Crippen LogP contribution is 2.43. The molecule has 1 amide bonds. The number of rotatable bonds is 55. The van der Waals surface area contributed by atoms with Crippen molar-refractivity contribution in [1.82, 2.24) is 5.32 Å². The number of carbonyl (C=O) groups is 2. The third kappa shape index (κ3) is 54.3. The van der Waals surface area contributed by atoms with E-state index < -0.39 is 20.0 Å². The molecule has 0 aliphatic carbocycles. The molecule has 0 aromatic carbocycles. The first-order chi connectivity index (χ1) is 35.4. The number of nitrogens with zero attached hydrogens (tertiary/aromatic N) is 1. The Labute approximate surface area is 451 Å². The van der Waals surface area contributed by atoms with Crippen molar-refractivity contribution < 1.29 is 37.3 Å². The van der Waals surface area contributed by atoms with Gasteiger partial charge in [-0.15, -0.1) is 0 Å². The number of phosphoric acid groups is 1. The van der Waals surface area contributed by atoms with Gasteiger partial charge in [0.2, 0.25) is 5.91 Å². The first kappa shape index (κ1) is 70.7. The summed E-state index contributed by atoms with van der Waals surface area (Å²) >= 11 is 0. The van der Waals surface area contributed by atoms with Crippen LogP contribution < -0.4 is 5.32 Å². The highest BCUT2D eigenvalue weighted by Gasteiger charge is 2.30. The van der Waals surface area contributed by atoms with Gasteiger partial charge in [0.25, 0.3) is 0 Å². The molecule has 0 heterocycles. The van der Waals surface area contributed by atoms with Crippen molar-refractivity contribution >= 4 is 19.7 Å². The largest absolute Gasteiger partial charge is 0.472 e. The zero-order valence-electron chi connectivity index (χ0n) is 48.6. The Morgan fingerprint density at radius 1 is 0.493 bits per heavy atom. The minimum absolute atomic E-state index is 0.0362. The molecule has 3 unspecified atom stereocenters. The zero-order chi connectivity index (χ0) is 53.6. The van der Waals surface area contributed by atoms with Crippen molar-refractivity contribution in [2.75, 3.05) is 40.9 Å². The summed E-state index contributed by atoms with van der Waals surface area (Å²) in [5.74, 6) is -0.518. The quantitative estimate of drug-likeness (QED) is 0.0205. The molecule has 2 N–H and O–H groups in total. The number of hydrogen-bond donors (Lipinski definition) is 2. The third-order valence-corrected chi connectivity index (χ3v) is 14.4. The molecule has 0 radical (unpaired) electrons. The Hall–Kier alpha value is -2.29. The number of quaternary nitrogens is 1. The Morgan fingerprint density at radius 3 is 1.33 bits per heavy atom. The molecule has 9 nitrogen and oxygen atoms in total. The molecule has 0 fully saturated rings. The maximum absolute atomic E-state index is 13.5. The van der Waals surface area contributed by atoms with Gasteiger partial charge in [0.1, 0.15) is 19.3 Å². The van der Waals surface area contributed by atoms with Crippen LogP contribution in [0.15, 0.2) is 60.8 Å². The highest BCUT2D eigenvalue weighted by atomic mass is 31.2. The fraction of sp³-hybridized carbons (Fsp3) is 0.810. The number of carbonyl (C=O) groups excluding carboxylic acids is 2. The number of amides is 1. The lowest BCUT2D eigenvalue weighted by atomic mass is 10.0. The van der Waals surface area contributed by atoms with Gasteiger partial charge in [-0.3, -0.25) is 18.6 Å². The monoisotopic (exact) mass is 1050 g/mol. The number of ether oxygens (including phenoxy) is 1. The van der Waals surface area contributed by atoms with Gasteiger partial charge >= 0.3 is 13.8 Å². The van der Waals surface area contributed by atoms with E-state index in [2.05, 4.69) is 74.7 Å². The molecular weight excluding hydrogens is 928 g/mol. The number of hydrogen-bond acceptors (Lipinski definition) is 6. The summed E-state index contributed by atoms with van der Waals surface area (Å²) in [6.45, 7) is 6.90. The molecule has 73 heavy (non-hydrogen) atoms. The van der Waals surface area contributed by atoms with Crippen molar-refractivity contribution in [3.8, 4) is 0 Å². The summed E-state index contributed by atoms with van der Waals surface area (Å²) in [5.41, 5.74) is 0. The molecule has 0 aromatic heterocycles. The van der Waals surface area contributed by atoms with E-state index in [9.17, 15) is 19.0 Å². The maximum atomic E-state index is 13.5. The van der Waals surface area contributed by atoms with Crippen molar-refractivity contribution in [1.29, 1.82) is 0 Å². The summed E-state index contributed by atoms with van der Waals surface area (Å²) in [6.07, 6.45) is 66.4. The third-order valence-electron chi connectivity index (χ3n) is 13.4. The smallest absolute Gasteiger partial charge is 0.456 e. The van der Waals surface area contributed by atoms with Crippen molar-refractivity contribution in [2.45, 2.75) is 290 Å². The zero-order valence-corrected chi connectivity index (χ0v) is 49.5. The van der Waals surface area contributed by atoms with Crippen LogP contribution in [-0.4, -0.2) is 74.3 Å². The molecule has 0 aliphatic heterocycles. The van der Waals surface area contributed by atoms with Crippen molar-refractivity contribution in [2.24, 2.45) is 0 Å². The lowest BCUT2D eigenvalue weighted by Crippen LogP contribution is -2.47. The molecule has 0 spiro atoms. The molecule has 3 atom stereocenters. The van der Waals surface area contributed by atoms with Crippen LogP contribution in [0.3, 0.4) is 0 Å². The van der Waals surface area contributed by atoms with Gasteiger partial charge in [-0.2, -0.15) is 0 Å². The summed E-state index contributed by atoms with van der Waals surface area (Å²) in [7, 11) is 1.49. The summed E-state index contributed by atoms with van der Waals surface area (Å²) < 4.78 is 30.7. The maximum Gasteiger partial charge on any atom is 0.472 e. The average Bonchev–Trinajstić information content (AvgIpc) is 3.35. The number of esters is 1. The van der Waals surface area contributed by atoms with Gasteiger partial charge in [-0.1, -0.05) is 236 Å². The number of likely N-dealkylation sites (N-methyl/N-ethyl adjacent to an activating group) is 1. The van der Waals surface area contributed by atoms with Crippen molar-refractivity contribution in [3.63, 3.8) is 0 Å². The molecule has 0 saturated carbocycles. The van der Waals surface area contributed by atoms with E-state index >= 15 is 0 Å². The average molecular weight is 1050 g/mol. The van der Waals surface area contributed by atoms with Gasteiger partial charge in [0.05, 0.1) is 33.8 Å². The van der Waals surface area contributed by atoms with Gasteiger partial charge in [-0.05, 0) is 89.5 Å². The van der Waals surface area contributed by atoms with Crippen molar-refractivity contribution in [3.05, 3.63) is 60.8 Å². The molecule has 0 aliphatic rings. The predicted octanol–water partition coefficient (Wildman–Crippen LogP) is 18.7. The van der Waals surface area contributed by atoms with Gasteiger partial charge in [0, 0.05) is 12.8 Å². The van der Waals surface area contributed by atoms with E-state index in [1.54, 1.807) is 0 Å². The van der Waals surface area contributed by atoms with E-state index in [0.29, 0.717) is 17.4 Å². The topological polar surface area (TPSA) is 111 Å². The van der Waals surface area contributed by atoms with E-state index in [1.165, 1.54) is 154 Å². The summed E-state index contributed by atoms with van der Waals surface area (Å²) in [6, 6.07) is -0.856. The number of allylic oxidation sites excluding steroid dienone is 9. The fourth-order valence-corrected chi connectivity index (χ4v) is 9.45. The van der Waals surface area contributed by atoms with E-state index in [0.717, 1.165) is 89.9 Å². The second kappa shape index (κ2) is 53.1. The standard InChI is InChI=1S/C63H117N2O7P/c1-7-10-13-16-19-22-25-28-30-32-33-34-36-38-41-44-47-50-53-56-63(67)72-61(54-51-48-45-42-39-27-24-21-18-15-12-9-3)60(59-71-73(68,69)70-58-57-65(4,5)6)64-62(66)55-52-49-46-43-40-37-35-31-29-26-23-20-17-14-11-8-2/h11,14,20,23,28-31,51,54,60-61H,7-10,12-13,15-19,21-22,24-27,32-50,52-53,55-59H2,1-6H3,(H-,64,66,68,69)/p+1/b14-11+,23-20+,30-28+,31-29+,54-51+. The second-order valence-electron chi connectivity index (χ2n) is 21.8. The Morgan fingerprint density at radius 2 is 0.877 bits per heavy atom. The van der Waals surface area contributed by atoms with Crippen LogP contribution >= 0.6 is 7.82 Å². The Balaban J connectivity index is 5.28. The fourth-order valence-electron chi connectivity index (χ4n) is 8.71. The van der Waals surface area contributed by atoms with Crippen LogP contribution in [0.1, 0.15) is 278 Å². The molecule has 0 saturated heterocycles. The van der Waals surface area contributed by atoms with Crippen LogP contribution in [0.25, 0.3) is 0 Å². The minimum Gasteiger partial charge on any atom is -0.456 e. The molecule has 10 heteroatoms. The van der Waals surface area contributed by atoms with E-state index in [1.807, 2.05) is 33.3 Å². The van der Waals surface area contributed by atoms with Gasteiger partial charge in [-0.25, -0.2) is 4.57 Å². The van der Waals surface area contributed by atoms with Gasteiger partial charge < -0.3 is 19.4 Å². The number of phosphoric ester groups is 1. The van der Waals surface area contributed by atoms with E-state index in [-0.39, 0.29) is 31.5 Å². The Kier molecular flexibility index (Phi) is 51.5. The predicted molar refractivity (Wildman–Crippen MR) is 314 cm³/mol.